The Kier molecular flexibility index (Phi) is 7.28. The zero-order valence-electron chi connectivity index (χ0n) is 17.8. The predicted octanol–water partition coefficient (Wildman–Crippen LogP) is 3.63. The lowest BCUT2D eigenvalue weighted by molar-refractivity contribution is -0.138. The van der Waals surface area contributed by atoms with E-state index in [1.807, 2.05) is 50.2 Å². The van der Waals surface area contributed by atoms with Gasteiger partial charge in [0.15, 0.2) is 0 Å². The maximum atomic E-state index is 12.7. The number of alkyl carbamates (subject to hydrolysis) is 1. The van der Waals surface area contributed by atoms with Crippen LogP contribution in [0.3, 0.4) is 0 Å². The van der Waals surface area contributed by atoms with Crippen molar-refractivity contribution in [2.75, 3.05) is 19.7 Å². The number of carboxylic acid groups (broad SMARTS) is 1. The molecule has 0 spiro atoms. The van der Waals surface area contributed by atoms with Crippen LogP contribution in [0.2, 0.25) is 0 Å². The van der Waals surface area contributed by atoms with Crippen molar-refractivity contribution in [1.82, 2.24) is 10.2 Å². The summed E-state index contributed by atoms with van der Waals surface area (Å²) in [5.74, 6) is -1.42. The van der Waals surface area contributed by atoms with Gasteiger partial charge in [-0.05, 0) is 42.5 Å². The quantitative estimate of drug-likeness (QED) is 0.641. The molecule has 0 radical (unpaired) electrons. The van der Waals surface area contributed by atoms with Gasteiger partial charge in [0, 0.05) is 25.4 Å². The van der Waals surface area contributed by atoms with Gasteiger partial charge in [-0.3, -0.25) is 9.59 Å². The van der Waals surface area contributed by atoms with Gasteiger partial charge in [0.05, 0.1) is 0 Å². The Morgan fingerprint density at radius 1 is 1.00 bits per heavy atom. The summed E-state index contributed by atoms with van der Waals surface area (Å²) < 4.78 is 5.51. The fourth-order valence-electron chi connectivity index (χ4n) is 4.06. The first-order valence-electron chi connectivity index (χ1n) is 10.6. The van der Waals surface area contributed by atoms with Gasteiger partial charge in [0.1, 0.15) is 12.6 Å². The number of nitrogens with zero attached hydrogens (tertiary/aromatic N) is 1. The SMILES string of the molecule is CCN(CC)C(=O)C(CCC(=O)O)NC(=O)OCC1c2ccccc2-c2ccccc21. The lowest BCUT2D eigenvalue weighted by atomic mass is 9.98. The molecule has 2 amide bonds. The molecule has 1 aliphatic rings. The van der Waals surface area contributed by atoms with Crippen molar-refractivity contribution in [3.63, 3.8) is 0 Å². The van der Waals surface area contributed by atoms with Gasteiger partial charge >= 0.3 is 12.1 Å². The van der Waals surface area contributed by atoms with Crippen molar-refractivity contribution in [3.05, 3.63) is 59.7 Å². The molecule has 1 atom stereocenters. The molecule has 0 saturated carbocycles. The van der Waals surface area contributed by atoms with Crippen LogP contribution in [0.5, 0.6) is 0 Å². The van der Waals surface area contributed by atoms with Crippen LogP contribution in [0.25, 0.3) is 11.1 Å². The molecule has 2 N–H and O–H groups in total. The van der Waals surface area contributed by atoms with Gasteiger partial charge in [-0.1, -0.05) is 48.5 Å². The molecule has 164 valence electrons. The van der Waals surface area contributed by atoms with E-state index in [1.54, 1.807) is 4.90 Å². The first-order valence-corrected chi connectivity index (χ1v) is 10.6. The Labute approximate surface area is 182 Å². The molecule has 7 heteroatoms. The number of carbonyl (C=O) groups is 3. The van der Waals surface area contributed by atoms with E-state index in [1.165, 1.54) is 0 Å². The van der Waals surface area contributed by atoms with E-state index in [0.717, 1.165) is 22.3 Å². The molecule has 0 aromatic heterocycles. The molecule has 7 nitrogen and oxygen atoms in total. The minimum Gasteiger partial charge on any atom is -0.481 e. The third-order valence-electron chi connectivity index (χ3n) is 5.66. The van der Waals surface area contributed by atoms with Gasteiger partial charge in [0.2, 0.25) is 5.91 Å². The standard InChI is InChI=1S/C24H28N2O5/c1-3-26(4-2)23(29)21(13-14-22(27)28)25-24(30)31-15-20-18-11-7-5-9-16(18)17-10-6-8-12-19(17)20/h5-12,20-21H,3-4,13-15H2,1-2H3,(H,25,30)(H,27,28). The number of likely N-dealkylation sites (N-methyl/N-ethyl adjacent to an activating group) is 1. The average Bonchev–Trinajstić information content (AvgIpc) is 3.09. The maximum absolute atomic E-state index is 12.7. The Morgan fingerprint density at radius 3 is 2.06 bits per heavy atom. The Hall–Kier alpha value is -3.35. The van der Waals surface area contributed by atoms with E-state index in [2.05, 4.69) is 17.4 Å². The fourth-order valence-corrected chi connectivity index (χ4v) is 4.06. The van der Waals surface area contributed by atoms with Crippen LogP contribution in [-0.4, -0.2) is 53.7 Å². The van der Waals surface area contributed by atoms with Crippen LogP contribution < -0.4 is 5.32 Å². The molecular formula is C24H28N2O5. The fraction of sp³-hybridized carbons (Fsp3) is 0.375. The number of ether oxygens (including phenoxy) is 1. The van der Waals surface area contributed by atoms with Crippen LogP contribution in [0.15, 0.2) is 48.5 Å². The lowest BCUT2D eigenvalue weighted by Crippen LogP contribution is -2.49. The summed E-state index contributed by atoms with van der Waals surface area (Å²) >= 11 is 0. The molecule has 1 unspecified atom stereocenters. The number of rotatable bonds is 9. The molecule has 0 bridgehead atoms. The lowest BCUT2D eigenvalue weighted by Gasteiger charge is -2.25. The van der Waals surface area contributed by atoms with Crippen LogP contribution in [0, 0.1) is 0 Å². The monoisotopic (exact) mass is 424 g/mol. The van der Waals surface area contributed by atoms with Crippen LogP contribution in [0.1, 0.15) is 43.7 Å². The molecule has 2 aromatic rings. The summed E-state index contributed by atoms with van der Waals surface area (Å²) in [5, 5.41) is 11.6. The predicted molar refractivity (Wildman–Crippen MR) is 117 cm³/mol. The van der Waals surface area contributed by atoms with Crippen molar-refractivity contribution >= 4 is 18.0 Å². The zero-order valence-corrected chi connectivity index (χ0v) is 17.8. The normalized spacial score (nSPS) is 13.1. The van der Waals surface area contributed by atoms with Crippen molar-refractivity contribution < 1.29 is 24.2 Å². The molecule has 0 fully saturated rings. The van der Waals surface area contributed by atoms with Crippen LogP contribution in [0.4, 0.5) is 4.79 Å². The second-order valence-corrected chi connectivity index (χ2v) is 7.47. The molecule has 31 heavy (non-hydrogen) atoms. The van der Waals surface area contributed by atoms with Crippen molar-refractivity contribution in [1.29, 1.82) is 0 Å². The summed E-state index contributed by atoms with van der Waals surface area (Å²) in [4.78, 5) is 37.8. The zero-order chi connectivity index (χ0) is 22.4. The largest absolute Gasteiger partial charge is 0.481 e. The first kappa shape index (κ1) is 22.3. The van der Waals surface area contributed by atoms with Gasteiger partial charge < -0.3 is 20.1 Å². The Balaban J connectivity index is 1.69. The minimum atomic E-state index is -1.02. The highest BCUT2D eigenvalue weighted by molar-refractivity contribution is 5.86. The second kappa shape index (κ2) is 10.1. The third kappa shape index (κ3) is 5.05. The van der Waals surface area contributed by atoms with E-state index in [4.69, 9.17) is 9.84 Å². The number of benzene rings is 2. The van der Waals surface area contributed by atoms with Crippen LogP contribution >= 0.6 is 0 Å². The van der Waals surface area contributed by atoms with E-state index < -0.39 is 18.1 Å². The Bertz CT molecular complexity index is 909. The van der Waals surface area contributed by atoms with Crippen LogP contribution in [-0.2, 0) is 14.3 Å². The maximum Gasteiger partial charge on any atom is 0.407 e. The highest BCUT2D eigenvalue weighted by atomic mass is 16.5. The number of nitrogens with one attached hydrogen (secondary N) is 1. The molecular weight excluding hydrogens is 396 g/mol. The summed E-state index contributed by atoms with van der Waals surface area (Å²) in [5.41, 5.74) is 4.45. The van der Waals surface area contributed by atoms with Crippen molar-refractivity contribution in [2.24, 2.45) is 0 Å². The summed E-state index contributed by atoms with van der Waals surface area (Å²) in [6.45, 7) is 4.76. The Morgan fingerprint density at radius 2 is 1.55 bits per heavy atom. The van der Waals surface area contributed by atoms with E-state index in [9.17, 15) is 14.4 Å². The van der Waals surface area contributed by atoms with E-state index in [-0.39, 0.29) is 31.3 Å². The molecule has 1 aliphatic carbocycles. The molecule has 2 aromatic carbocycles. The average molecular weight is 424 g/mol. The summed E-state index contributed by atoms with van der Waals surface area (Å²) in [6, 6.07) is 15.1. The summed E-state index contributed by atoms with van der Waals surface area (Å²) in [6.07, 6.45) is -0.936. The number of hydrogen-bond donors (Lipinski definition) is 2. The van der Waals surface area contributed by atoms with Gasteiger partial charge in [0.25, 0.3) is 0 Å². The highest BCUT2D eigenvalue weighted by Gasteiger charge is 2.30. The minimum absolute atomic E-state index is 0.00879. The van der Waals surface area contributed by atoms with Gasteiger partial charge in [-0.25, -0.2) is 4.79 Å². The second-order valence-electron chi connectivity index (χ2n) is 7.47. The molecule has 0 heterocycles. The van der Waals surface area contributed by atoms with E-state index in [0.29, 0.717) is 13.1 Å². The number of carboxylic acids is 1. The van der Waals surface area contributed by atoms with Crippen molar-refractivity contribution in [3.8, 4) is 11.1 Å². The van der Waals surface area contributed by atoms with E-state index >= 15 is 0 Å². The molecule has 0 saturated heterocycles. The van der Waals surface area contributed by atoms with Gasteiger partial charge in [-0.15, -0.1) is 0 Å². The number of amides is 2. The number of hydrogen-bond acceptors (Lipinski definition) is 4. The smallest absolute Gasteiger partial charge is 0.407 e. The highest BCUT2D eigenvalue weighted by Crippen LogP contribution is 2.44. The molecule has 3 rings (SSSR count). The number of fused-ring (bicyclic) bond motifs is 3. The van der Waals surface area contributed by atoms with Crippen molar-refractivity contribution in [2.45, 2.75) is 38.6 Å². The molecule has 0 aliphatic heterocycles. The third-order valence-corrected chi connectivity index (χ3v) is 5.66. The number of aliphatic carboxylic acids is 1. The first-order chi connectivity index (χ1) is 15.0. The number of carbonyl (C=O) groups excluding carboxylic acids is 2. The van der Waals surface area contributed by atoms with Gasteiger partial charge in [-0.2, -0.15) is 0 Å². The topological polar surface area (TPSA) is 95.9 Å². The summed E-state index contributed by atoms with van der Waals surface area (Å²) in [7, 11) is 0.